The fourth-order valence-corrected chi connectivity index (χ4v) is 3.10. The Balaban J connectivity index is 0.00000392. The summed E-state index contributed by atoms with van der Waals surface area (Å²) in [5.41, 5.74) is 0.545. The van der Waals surface area contributed by atoms with Crippen molar-refractivity contribution in [1.82, 2.24) is 15.6 Å². The highest BCUT2D eigenvalue weighted by atomic mass is 127. The minimum atomic E-state index is -2.91. The number of thiazole rings is 1. The van der Waals surface area contributed by atoms with Crippen molar-refractivity contribution in [3.63, 3.8) is 0 Å². The first-order valence-electron chi connectivity index (χ1n) is 8.57. The lowest BCUT2D eigenvalue weighted by molar-refractivity contribution is -0.0505. The number of nitrogens with zero attached hydrogens (tertiary/aromatic N) is 2. The van der Waals surface area contributed by atoms with Gasteiger partial charge in [0.2, 0.25) is 0 Å². The predicted molar refractivity (Wildman–Crippen MR) is 118 cm³/mol. The van der Waals surface area contributed by atoms with Gasteiger partial charge in [0, 0.05) is 42.2 Å². The van der Waals surface area contributed by atoms with Crippen LogP contribution in [0.4, 0.5) is 8.78 Å². The monoisotopic (exact) mass is 526 g/mol. The van der Waals surface area contributed by atoms with E-state index in [1.807, 2.05) is 20.0 Å². The van der Waals surface area contributed by atoms with E-state index in [1.54, 1.807) is 23.5 Å². The van der Waals surface area contributed by atoms with Gasteiger partial charge in [-0.1, -0.05) is 0 Å². The number of alkyl halides is 2. The normalized spacial score (nSPS) is 11.1. The van der Waals surface area contributed by atoms with E-state index in [-0.39, 0.29) is 36.3 Å². The molecule has 0 aliphatic carbocycles. The molecule has 1 aromatic carbocycles. The maximum atomic E-state index is 12.7. The lowest BCUT2D eigenvalue weighted by Crippen LogP contribution is -2.38. The number of halogens is 3. The van der Waals surface area contributed by atoms with Gasteiger partial charge in [-0.3, -0.25) is 0 Å². The van der Waals surface area contributed by atoms with E-state index in [1.165, 1.54) is 18.1 Å². The van der Waals surface area contributed by atoms with Crippen LogP contribution < -0.4 is 20.1 Å². The molecule has 0 amide bonds. The second kappa shape index (κ2) is 12.7. The van der Waals surface area contributed by atoms with Crippen LogP contribution in [0.25, 0.3) is 0 Å². The van der Waals surface area contributed by atoms with E-state index in [4.69, 9.17) is 4.74 Å². The fraction of sp³-hybridized carbons (Fsp3) is 0.444. The van der Waals surface area contributed by atoms with Gasteiger partial charge in [-0.05, 0) is 26.0 Å². The maximum absolute atomic E-state index is 12.7. The van der Waals surface area contributed by atoms with Crippen molar-refractivity contribution in [1.29, 1.82) is 0 Å². The summed E-state index contributed by atoms with van der Waals surface area (Å²) in [7, 11) is 1.47. The average Bonchev–Trinajstić information content (AvgIpc) is 3.05. The summed E-state index contributed by atoms with van der Waals surface area (Å²) in [6.45, 7) is 2.62. The number of nitrogens with one attached hydrogen (secondary N) is 2. The second-order valence-corrected chi connectivity index (χ2v) is 6.91. The molecule has 0 bridgehead atoms. The molecule has 0 radical (unpaired) electrons. The summed E-state index contributed by atoms with van der Waals surface area (Å²) in [5.74, 6) is 1.11. The molecule has 0 fully saturated rings. The van der Waals surface area contributed by atoms with Crippen molar-refractivity contribution < 1.29 is 18.3 Å². The third-order valence-electron chi connectivity index (χ3n) is 3.54. The molecule has 1 aromatic heterocycles. The van der Waals surface area contributed by atoms with Gasteiger partial charge in [-0.2, -0.15) is 8.78 Å². The Morgan fingerprint density at radius 3 is 2.71 bits per heavy atom. The summed E-state index contributed by atoms with van der Waals surface area (Å²) in [6, 6.07) is 4.79. The second-order valence-electron chi connectivity index (χ2n) is 5.59. The van der Waals surface area contributed by atoms with Crippen LogP contribution in [0.15, 0.2) is 29.4 Å². The molecule has 1 heterocycles. The average molecular weight is 526 g/mol. The summed E-state index contributed by atoms with van der Waals surface area (Å²) in [6.07, 6.45) is 2.64. The summed E-state index contributed by atoms with van der Waals surface area (Å²) >= 11 is 1.66. The van der Waals surface area contributed by atoms with E-state index in [0.717, 1.165) is 11.4 Å². The summed E-state index contributed by atoms with van der Waals surface area (Å²) in [4.78, 5) is 9.96. The van der Waals surface area contributed by atoms with Crippen LogP contribution in [0.2, 0.25) is 0 Å². The predicted octanol–water partition coefficient (Wildman–Crippen LogP) is 3.98. The molecule has 0 unspecified atom stereocenters. The Hall–Kier alpha value is -1.69. The van der Waals surface area contributed by atoms with Crippen molar-refractivity contribution in [3.8, 4) is 11.5 Å². The number of rotatable bonds is 9. The molecule has 2 N–H and O–H groups in total. The molecule has 0 saturated heterocycles. The van der Waals surface area contributed by atoms with Gasteiger partial charge in [0.25, 0.3) is 0 Å². The van der Waals surface area contributed by atoms with E-state index >= 15 is 0 Å². The number of guanidine groups is 1. The molecule has 6 nitrogen and oxygen atoms in total. The number of aryl methyl sites for hydroxylation is 1. The third kappa shape index (κ3) is 8.13. The third-order valence-corrected chi connectivity index (χ3v) is 4.52. The van der Waals surface area contributed by atoms with Crippen molar-refractivity contribution in [2.75, 3.05) is 20.2 Å². The minimum Gasteiger partial charge on any atom is -0.497 e. The van der Waals surface area contributed by atoms with Gasteiger partial charge in [-0.15, -0.1) is 35.3 Å². The number of hydrogen-bond acceptors (Lipinski definition) is 5. The van der Waals surface area contributed by atoms with Crippen LogP contribution in [0.5, 0.6) is 11.5 Å². The Bertz CT molecular complexity index is 759. The zero-order chi connectivity index (χ0) is 19.6. The quantitative estimate of drug-likeness (QED) is 0.294. The van der Waals surface area contributed by atoms with Crippen LogP contribution in [0, 0.1) is 6.92 Å². The highest BCUT2D eigenvalue weighted by Crippen LogP contribution is 2.27. The molecular formula is C18H25F2IN4O2S. The van der Waals surface area contributed by atoms with E-state index in [0.29, 0.717) is 30.4 Å². The van der Waals surface area contributed by atoms with Crippen molar-refractivity contribution >= 4 is 41.3 Å². The van der Waals surface area contributed by atoms with Crippen molar-refractivity contribution in [2.45, 2.75) is 33.4 Å². The largest absolute Gasteiger partial charge is 0.497 e. The Morgan fingerprint density at radius 1 is 1.32 bits per heavy atom. The van der Waals surface area contributed by atoms with Crippen LogP contribution in [0.1, 0.15) is 22.4 Å². The summed E-state index contributed by atoms with van der Waals surface area (Å²) < 4.78 is 35.0. The molecule has 2 rings (SSSR count). The lowest BCUT2D eigenvalue weighted by atomic mass is 10.2. The Labute approximate surface area is 184 Å². The highest BCUT2D eigenvalue weighted by Gasteiger charge is 2.11. The molecule has 0 aliphatic heterocycles. The molecule has 10 heteroatoms. The van der Waals surface area contributed by atoms with Gasteiger partial charge >= 0.3 is 6.61 Å². The summed E-state index contributed by atoms with van der Waals surface area (Å²) in [5, 5.41) is 7.41. The lowest BCUT2D eigenvalue weighted by Gasteiger charge is -2.13. The molecule has 0 spiro atoms. The molecule has 0 aliphatic rings. The van der Waals surface area contributed by atoms with Crippen LogP contribution in [0.3, 0.4) is 0 Å². The Morgan fingerprint density at radius 2 is 2.11 bits per heavy atom. The van der Waals surface area contributed by atoms with E-state index in [9.17, 15) is 8.78 Å². The van der Waals surface area contributed by atoms with E-state index in [2.05, 4.69) is 25.3 Å². The van der Waals surface area contributed by atoms with Crippen LogP contribution >= 0.6 is 35.3 Å². The first kappa shape index (κ1) is 24.3. The zero-order valence-corrected chi connectivity index (χ0v) is 19.1. The van der Waals surface area contributed by atoms with Gasteiger partial charge in [0.15, 0.2) is 5.96 Å². The molecule has 0 saturated carbocycles. The van der Waals surface area contributed by atoms with Crippen molar-refractivity contribution in [3.05, 3.63) is 39.8 Å². The topological polar surface area (TPSA) is 67.8 Å². The molecular weight excluding hydrogens is 501 g/mol. The van der Waals surface area contributed by atoms with Gasteiger partial charge < -0.3 is 20.1 Å². The number of aromatic nitrogens is 1. The molecule has 28 heavy (non-hydrogen) atoms. The Kier molecular flexibility index (Phi) is 11.0. The fourth-order valence-electron chi connectivity index (χ4n) is 2.31. The SMILES string of the molecule is CCNC(=NCc1ccc(OC)cc1OC(F)F)NCCc1ncc(C)s1.I. The van der Waals surface area contributed by atoms with Crippen LogP contribution in [-0.4, -0.2) is 37.8 Å². The highest BCUT2D eigenvalue weighted by molar-refractivity contribution is 14.0. The van der Waals surface area contributed by atoms with Crippen LogP contribution in [-0.2, 0) is 13.0 Å². The smallest absolute Gasteiger partial charge is 0.387 e. The van der Waals surface area contributed by atoms with Gasteiger partial charge in [0.05, 0.1) is 18.7 Å². The van der Waals surface area contributed by atoms with Gasteiger partial charge in [0.1, 0.15) is 11.5 Å². The maximum Gasteiger partial charge on any atom is 0.387 e. The zero-order valence-electron chi connectivity index (χ0n) is 16.0. The standard InChI is InChI=1S/C18H24F2N4O2S.HI/c1-4-21-18(22-8-7-16-23-10-12(2)27-16)24-11-13-5-6-14(25-3)9-15(13)26-17(19)20;/h5-6,9-10,17H,4,7-8,11H2,1-3H3,(H2,21,22,24);1H. The number of benzene rings is 1. The first-order chi connectivity index (χ1) is 13.0. The molecule has 2 aromatic rings. The number of aliphatic imine (C=N–C) groups is 1. The number of hydrogen-bond donors (Lipinski definition) is 2. The molecule has 0 atom stereocenters. The molecule has 156 valence electrons. The minimum absolute atomic E-state index is 0. The van der Waals surface area contributed by atoms with Gasteiger partial charge in [-0.25, -0.2) is 9.98 Å². The first-order valence-corrected chi connectivity index (χ1v) is 9.38. The number of ether oxygens (including phenoxy) is 2. The number of methoxy groups -OCH3 is 1. The van der Waals surface area contributed by atoms with Crippen molar-refractivity contribution in [2.24, 2.45) is 4.99 Å². The van der Waals surface area contributed by atoms with E-state index < -0.39 is 6.61 Å².